The molecule has 0 fully saturated rings. The molecule has 0 radical (unpaired) electrons. The van der Waals surface area contributed by atoms with Crippen LogP contribution < -0.4 is 0 Å². The second-order valence-electron chi connectivity index (χ2n) is 14.1. The van der Waals surface area contributed by atoms with Gasteiger partial charge < -0.3 is 0 Å². The fourth-order valence-corrected chi connectivity index (χ4v) is 8.03. The maximum atomic E-state index is 4.47. The first-order valence-corrected chi connectivity index (χ1v) is 20.5. The molecule has 0 aliphatic heterocycles. The molecule has 4 aromatic carbocycles. The predicted molar refractivity (Wildman–Crippen MR) is 244 cm³/mol. The number of hydrogen-bond donors (Lipinski definition) is 0. The summed E-state index contributed by atoms with van der Waals surface area (Å²) in [5, 5.41) is 0. The van der Waals surface area contributed by atoms with E-state index in [2.05, 4.69) is 180 Å². The lowest BCUT2D eigenvalue weighted by atomic mass is 9.80. The van der Waals surface area contributed by atoms with Gasteiger partial charge in [0.25, 0.3) is 0 Å². The highest BCUT2D eigenvalue weighted by Crippen LogP contribution is 2.51. The molecule has 0 saturated heterocycles. The molecular formula is C55H60. The van der Waals surface area contributed by atoms with E-state index < -0.39 is 0 Å². The lowest BCUT2D eigenvalue weighted by Crippen LogP contribution is -2.05. The summed E-state index contributed by atoms with van der Waals surface area (Å²) in [6, 6.07) is 34.0. The van der Waals surface area contributed by atoms with Crippen molar-refractivity contribution in [2.45, 2.75) is 86.5 Å². The van der Waals surface area contributed by atoms with Gasteiger partial charge in [-0.25, -0.2) is 0 Å². The zero-order valence-corrected chi connectivity index (χ0v) is 34.4. The van der Waals surface area contributed by atoms with Crippen molar-refractivity contribution < 1.29 is 0 Å². The predicted octanol–water partition coefficient (Wildman–Crippen LogP) is 16.0. The van der Waals surface area contributed by atoms with Crippen molar-refractivity contribution in [3.05, 3.63) is 220 Å². The van der Waals surface area contributed by atoms with Crippen LogP contribution in [-0.4, -0.2) is 0 Å². The molecule has 7 rings (SSSR count). The van der Waals surface area contributed by atoms with E-state index in [1.165, 1.54) is 77.9 Å². The highest BCUT2D eigenvalue weighted by molar-refractivity contribution is 5.92. The Morgan fingerprint density at radius 1 is 0.655 bits per heavy atom. The third-order valence-corrected chi connectivity index (χ3v) is 10.7. The summed E-state index contributed by atoms with van der Waals surface area (Å²) in [6.07, 6.45) is 25.4. The molecule has 0 saturated carbocycles. The van der Waals surface area contributed by atoms with Crippen LogP contribution in [0.4, 0.5) is 0 Å². The van der Waals surface area contributed by atoms with Gasteiger partial charge in [-0.2, -0.15) is 0 Å². The molecular weight excluding hydrogens is 661 g/mol. The van der Waals surface area contributed by atoms with Crippen LogP contribution >= 0.6 is 0 Å². The Kier molecular flexibility index (Phi) is 14.6. The number of rotatable bonds is 4. The number of benzene rings is 4. The van der Waals surface area contributed by atoms with Crippen LogP contribution in [0.1, 0.15) is 112 Å². The normalized spacial score (nSPS) is 21.0. The first-order valence-electron chi connectivity index (χ1n) is 20.5. The van der Waals surface area contributed by atoms with Gasteiger partial charge in [-0.05, 0) is 148 Å². The maximum Gasteiger partial charge on any atom is 0.0358 e. The van der Waals surface area contributed by atoms with E-state index in [0.717, 1.165) is 43.3 Å². The highest BCUT2D eigenvalue weighted by atomic mass is 14.4. The Bertz CT molecular complexity index is 2230. The van der Waals surface area contributed by atoms with E-state index in [1.54, 1.807) is 0 Å². The quantitative estimate of drug-likeness (QED) is 0.197. The Balaban J connectivity index is 0.00000140. The van der Waals surface area contributed by atoms with Crippen molar-refractivity contribution >= 4 is 16.7 Å². The van der Waals surface area contributed by atoms with Gasteiger partial charge in [0.2, 0.25) is 0 Å². The molecule has 0 heteroatoms. The van der Waals surface area contributed by atoms with Crippen LogP contribution in [0.2, 0.25) is 0 Å². The topological polar surface area (TPSA) is 0 Å². The van der Waals surface area contributed by atoms with Gasteiger partial charge in [0.05, 0.1) is 0 Å². The standard InChI is InChI=1S/C51H48.2C2H6/c1-6-7-19-39-27-28-41(32-37(39)4)42-29-31-46-45-24-15-16-25-47(45)51(50(46)34-42)48-30-26-35(2)17-9-8-10-20-40-21-12-14-22-43(40)38(5)33-49(48)44-23-13-11-18-36(44)3;2*1-2/h6-7,9,11-19,21-26,29-34,51H,2,4,8,10,20,27-28H2,1,3,5H3;2*1-2H3/b7-6-,17-9-,30-26+,38-33+,39-19-,49-48-;;. The van der Waals surface area contributed by atoms with Crippen LogP contribution in [0.3, 0.4) is 0 Å². The average Bonchev–Trinajstić information content (AvgIpc) is 3.55. The van der Waals surface area contributed by atoms with Crippen LogP contribution in [0.25, 0.3) is 27.8 Å². The van der Waals surface area contributed by atoms with Gasteiger partial charge in [-0.1, -0.05) is 180 Å². The SMILES string of the molecule is C=C1/C=C\CCCc2ccccc2/C(C)=C/C(c2ccccc2C)=C(C2c3ccccc3-c3ccc(C4=CC(=C)/C(=C\C=C/C)CC4)cc32)\C=C\1.CC.CC. The fourth-order valence-electron chi connectivity index (χ4n) is 8.03. The van der Waals surface area contributed by atoms with E-state index in [4.69, 9.17) is 0 Å². The Hall–Kier alpha value is -5.46. The zero-order chi connectivity index (χ0) is 39.3. The molecule has 0 N–H and O–H groups in total. The van der Waals surface area contributed by atoms with Crippen LogP contribution in [0.5, 0.6) is 0 Å². The number of aryl methyl sites for hydroxylation is 2. The van der Waals surface area contributed by atoms with Crippen molar-refractivity contribution in [3.63, 3.8) is 0 Å². The minimum absolute atomic E-state index is 0.0449. The molecule has 1 unspecified atom stereocenters. The third kappa shape index (κ3) is 9.26. The summed E-state index contributed by atoms with van der Waals surface area (Å²) >= 11 is 0. The largest absolute Gasteiger partial charge is 0.0918 e. The van der Waals surface area contributed by atoms with Crippen molar-refractivity contribution in [1.82, 2.24) is 0 Å². The van der Waals surface area contributed by atoms with Crippen molar-refractivity contribution in [2.24, 2.45) is 0 Å². The van der Waals surface area contributed by atoms with E-state index in [9.17, 15) is 0 Å². The monoisotopic (exact) mass is 720 g/mol. The van der Waals surface area contributed by atoms with Gasteiger partial charge >= 0.3 is 0 Å². The zero-order valence-electron chi connectivity index (χ0n) is 34.4. The minimum atomic E-state index is 0.0449. The third-order valence-electron chi connectivity index (χ3n) is 10.7. The second-order valence-corrected chi connectivity index (χ2v) is 14.1. The second kappa shape index (κ2) is 19.7. The Labute approximate surface area is 333 Å². The van der Waals surface area contributed by atoms with Gasteiger partial charge in [-0.15, -0.1) is 0 Å². The smallest absolute Gasteiger partial charge is 0.0358 e. The Morgan fingerprint density at radius 2 is 1.35 bits per heavy atom. The molecule has 55 heavy (non-hydrogen) atoms. The van der Waals surface area contributed by atoms with Gasteiger partial charge in [0.1, 0.15) is 0 Å². The van der Waals surface area contributed by atoms with Gasteiger partial charge in [-0.3, -0.25) is 0 Å². The summed E-state index contributed by atoms with van der Waals surface area (Å²) < 4.78 is 0. The van der Waals surface area contributed by atoms with Gasteiger partial charge in [0, 0.05) is 5.92 Å². The lowest BCUT2D eigenvalue weighted by Gasteiger charge is -2.23. The highest BCUT2D eigenvalue weighted by Gasteiger charge is 2.33. The molecule has 0 spiro atoms. The number of allylic oxidation sites excluding steroid dienone is 16. The van der Waals surface area contributed by atoms with Crippen molar-refractivity contribution in [2.75, 3.05) is 0 Å². The molecule has 3 aliphatic carbocycles. The summed E-state index contributed by atoms with van der Waals surface area (Å²) in [7, 11) is 0. The Morgan fingerprint density at radius 3 is 2.09 bits per heavy atom. The van der Waals surface area contributed by atoms with Gasteiger partial charge in [0.15, 0.2) is 0 Å². The van der Waals surface area contributed by atoms with Crippen LogP contribution in [-0.2, 0) is 6.42 Å². The molecule has 0 aromatic heterocycles. The molecule has 0 nitrogen and oxygen atoms in total. The first-order chi connectivity index (χ1) is 26.9. The van der Waals surface area contributed by atoms with Crippen LogP contribution in [0, 0.1) is 6.92 Å². The molecule has 1 atom stereocenters. The van der Waals surface area contributed by atoms with Crippen molar-refractivity contribution in [1.29, 1.82) is 0 Å². The molecule has 0 amide bonds. The van der Waals surface area contributed by atoms with E-state index >= 15 is 0 Å². The number of fused-ring (bicyclic) bond motifs is 4. The first kappa shape index (κ1) is 40.7. The van der Waals surface area contributed by atoms with Crippen molar-refractivity contribution in [3.8, 4) is 11.1 Å². The molecule has 3 aliphatic rings. The lowest BCUT2D eigenvalue weighted by molar-refractivity contribution is 0.840. The van der Waals surface area contributed by atoms with E-state index in [1.807, 2.05) is 27.7 Å². The van der Waals surface area contributed by atoms with E-state index in [-0.39, 0.29) is 5.92 Å². The average molecular weight is 721 g/mol. The summed E-state index contributed by atoms with van der Waals surface area (Å²) in [5.74, 6) is 0.0449. The molecule has 0 heterocycles. The minimum Gasteiger partial charge on any atom is -0.0918 e. The fraction of sp³-hybridized carbons (Fsp3) is 0.236. The van der Waals surface area contributed by atoms with Crippen LogP contribution in [0.15, 0.2) is 181 Å². The molecule has 0 bridgehead atoms. The van der Waals surface area contributed by atoms with E-state index in [0.29, 0.717) is 0 Å². The molecule has 280 valence electrons. The summed E-state index contributed by atoms with van der Waals surface area (Å²) in [5.41, 5.74) is 20.5. The summed E-state index contributed by atoms with van der Waals surface area (Å²) in [4.78, 5) is 0. The summed E-state index contributed by atoms with van der Waals surface area (Å²) in [6.45, 7) is 23.5. The number of hydrogen-bond acceptors (Lipinski definition) is 0. The molecule has 4 aromatic rings. The maximum absolute atomic E-state index is 4.47.